The first-order valence-electron chi connectivity index (χ1n) is 5.59. The predicted molar refractivity (Wildman–Crippen MR) is 74.6 cm³/mol. The summed E-state index contributed by atoms with van der Waals surface area (Å²) in [4.78, 5) is 11.8. The number of hydrogen-bond donors (Lipinski definition) is 2. The number of benzene rings is 1. The molecule has 0 aliphatic heterocycles. The van der Waals surface area contributed by atoms with E-state index in [9.17, 15) is 13.2 Å². The number of amides is 1. The molecule has 2 N–H and O–H groups in total. The normalized spacial score (nSPS) is 10.8. The van der Waals surface area contributed by atoms with Crippen LogP contribution in [-0.4, -0.2) is 33.7 Å². The van der Waals surface area contributed by atoms with Gasteiger partial charge in [-0.25, -0.2) is 8.42 Å². The van der Waals surface area contributed by atoms with Gasteiger partial charge in [-0.1, -0.05) is 12.0 Å². The van der Waals surface area contributed by atoms with Crippen LogP contribution >= 0.6 is 0 Å². The Labute approximate surface area is 113 Å². The fourth-order valence-corrected chi connectivity index (χ4v) is 2.06. The predicted octanol–water partition coefficient (Wildman–Crippen LogP) is 0.560. The van der Waals surface area contributed by atoms with Gasteiger partial charge in [0.25, 0.3) is 0 Å². The summed E-state index contributed by atoms with van der Waals surface area (Å²) in [6.45, 7) is 2.17. The molecule has 1 rings (SSSR count). The highest BCUT2D eigenvalue weighted by Crippen LogP contribution is 2.19. The molecule has 1 amide bonds. The van der Waals surface area contributed by atoms with Crippen molar-refractivity contribution in [2.24, 2.45) is 0 Å². The number of nitrogens with one attached hydrogen (secondary N) is 2. The third-order valence-electron chi connectivity index (χ3n) is 2.42. The topological polar surface area (TPSA) is 75.3 Å². The first-order valence-corrected chi connectivity index (χ1v) is 7.48. The van der Waals surface area contributed by atoms with Gasteiger partial charge in [-0.15, -0.1) is 6.42 Å². The molecule has 0 unspecified atom stereocenters. The summed E-state index contributed by atoms with van der Waals surface area (Å²) in [5.74, 6) is 2.08. The van der Waals surface area contributed by atoms with Gasteiger partial charge < -0.3 is 5.32 Å². The van der Waals surface area contributed by atoms with Crippen LogP contribution < -0.4 is 10.6 Å². The highest BCUT2D eigenvalue weighted by Gasteiger charge is 2.11. The molecule has 19 heavy (non-hydrogen) atoms. The Kier molecular flexibility index (Phi) is 5.10. The number of rotatable bonds is 5. The van der Waals surface area contributed by atoms with Crippen LogP contribution in [0.25, 0.3) is 0 Å². The molecule has 0 saturated heterocycles. The molecule has 0 aliphatic rings. The molecule has 0 spiro atoms. The molecule has 0 aromatic heterocycles. The summed E-state index contributed by atoms with van der Waals surface area (Å²) >= 11 is 0. The molecule has 0 aliphatic carbocycles. The van der Waals surface area contributed by atoms with Crippen LogP contribution in [0.5, 0.6) is 0 Å². The van der Waals surface area contributed by atoms with Crippen molar-refractivity contribution >= 4 is 21.4 Å². The van der Waals surface area contributed by atoms with E-state index >= 15 is 0 Å². The zero-order valence-electron chi connectivity index (χ0n) is 10.9. The number of terminal acetylenes is 1. The van der Waals surface area contributed by atoms with Gasteiger partial charge in [0.05, 0.1) is 18.0 Å². The molecule has 0 bridgehead atoms. The molecular formula is C13H16N2O3S. The Bertz CT molecular complexity index is 615. The number of hydrogen-bond acceptors (Lipinski definition) is 4. The fourth-order valence-electron chi connectivity index (χ4n) is 1.41. The van der Waals surface area contributed by atoms with Gasteiger partial charge in [0.15, 0.2) is 9.84 Å². The van der Waals surface area contributed by atoms with Gasteiger partial charge in [-0.3, -0.25) is 10.1 Å². The third kappa shape index (κ3) is 4.73. The van der Waals surface area contributed by atoms with E-state index in [0.717, 1.165) is 11.8 Å². The maximum absolute atomic E-state index is 11.6. The first-order chi connectivity index (χ1) is 8.84. The second-order valence-electron chi connectivity index (χ2n) is 4.10. The largest absolute Gasteiger partial charge is 0.325 e. The molecule has 0 radical (unpaired) electrons. The summed E-state index contributed by atoms with van der Waals surface area (Å²) < 4.78 is 22.9. The lowest BCUT2D eigenvalue weighted by Gasteiger charge is -2.10. The zero-order chi connectivity index (χ0) is 14.5. The molecule has 1 aromatic carbocycles. The lowest BCUT2D eigenvalue weighted by atomic mass is 10.2. The van der Waals surface area contributed by atoms with Crippen LogP contribution in [0.3, 0.4) is 0 Å². The van der Waals surface area contributed by atoms with Crippen LogP contribution in [0.1, 0.15) is 5.56 Å². The van der Waals surface area contributed by atoms with Crippen molar-refractivity contribution < 1.29 is 13.2 Å². The lowest BCUT2D eigenvalue weighted by Crippen LogP contribution is -2.28. The van der Waals surface area contributed by atoms with E-state index in [2.05, 4.69) is 16.6 Å². The molecule has 0 atom stereocenters. The maximum Gasteiger partial charge on any atom is 0.238 e. The van der Waals surface area contributed by atoms with Crippen molar-refractivity contribution in [3.63, 3.8) is 0 Å². The minimum Gasteiger partial charge on any atom is -0.325 e. The summed E-state index contributed by atoms with van der Waals surface area (Å²) in [5.41, 5.74) is 1.27. The summed E-state index contributed by atoms with van der Waals surface area (Å²) in [5, 5.41) is 5.40. The first kappa shape index (κ1) is 15.2. The number of aryl methyl sites for hydroxylation is 1. The number of carbonyl (C=O) groups is 1. The van der Waals surface area contributed by atoms with E-state index in [-0.39, 0.29) is 17.3 Å². The molecule has 0 fully saturated rings. The molecular weight excluding hydrogens is 264 g/mol. The molecule has 1 aromatic rings. The van der Waals surface area contributed by atoms with Crippen molar-refractivity contribution in [2.45, 2.75) is 11.8 Å². The summed E-state index contributed by atoms with van der Waals surface area (Å²) in [6, 6.07) is 4.61. The fraction of sp³-hybridized carbons (Fsp3) is 0.308. The Morgan fingerprint density at radius 3 is 2.68 bits per heavy atom. The van der Waals surface area contributed by atoms with Gasteiger partial charge in [-0.05, 0) is 24.6 Å². The lowest BCUT2D eigenvalue weighted by molar-refractivity contribution is -0.115. The van der Waals surface area contributed by atoms with E-state index in [1.165, 1.54) is 12.1 Å². The van der Waals surface area contributed by atoms with Gasteiger partial charge in [0.2, 0.25) is 5.91 Å². The van der Waals surface area contributed by atoms with Crippen LogP contribution in [-0.2, 0) is 14.6 Å². The average Bonchev–Trinajstić information content (AvgIpc) is 2.31. The second-order valence-corrected chi connectivity index (χ2v) is 6.12. The Balaban J connectivity index is 2.84. The SMILES string of the molecule is C#CCNCC(=O)Nc1cc(S(C)(=O)=O)ccc1C. The molecule has 0 saturated carbocycles. The van der Waals surface area contributed by atoms with E-state index < -0.39 is 9.84 Å². The quantitative estimate of drug-likeness (QED) is 0.610. The maximum atomic E-state index is 11.6. The molecule has 102 valence electrons. The van der Waals surface area contributed by atoms with Crippen molar-refractivity contribution in [1.82, 2.24) is 5.32 Å². The summed E-state index contributed by atoms with van der Waals surface area (Å²) in [7, 11) is -3.29. The smallest absolute Gasteiger partial charge is 0.238 e. The van der Waals surface area contributed by atoms with E-state index in [0.29, 0.717) is 12.2 Å². The minimum atomic E-state index is -3.29. The Morgan fingerprint density at radius 2 is 2.11 bits per heavy atom. The van der Waals surface area contributed by atoms with Crippen LogP contribution in [0.4, 0.5) is 5.69 Å². The van der Waals surface area contributed by atoms with Crippen molar-refractivity contribution in [3.05, 3.63) is 23.8 Å². The molecule has 0 heterocycles. The number of carbonyl (C=O) groups excluding carboxylic acids is 1. The average molecular weight is 280 g/mol. The number of anilines is 1. The molecule has 6 heteroatoms. The van der Waals surface area contributed by atoms with E-state index in [4.69, 9.17) is 6.42 Å². The monoisotopic (exact) mass is 280 g/mol. The van der Waals surface area contributed by atoms with Crippen LogP contribution in [0.2, 0.25) is 0 Å². The highest BCUT2D eigenvalue weighted by molar-refractivity contribution is 7.90. The highest BCUT2D eigenvalue weighted by atomic mass is 32.2. The standard InChI is InChI=1S/C13H16N2O3S/c1-4-7-14-9-13(16)15-12-8-11(19(3,17)18)6-5-10(12)2/h1,5-6,8,14H,7,9H2,2-3H3,(H,15,16). The molecule has 5 nitrogen and oxygen atoms in total. The van der Waals surface area contributed by atoms with Crippen molar-refractivity contribution in [3.8, 4) is 12.3 Å². The Morgan fingerprint density at radius 1 is 1.42 bits per heavy atom. The van der Waals surface area contributed by atoms with Crippen molar-refractivity contribution in [1.29, 1.82) is 0 Å². The Hall–Kier alpha value is -1.84. The van der Waals surface area contributed by atoms with Crippen LogP contribution in [0, 0.1) is 19.3 Å². The van der Waals surface area contributed by atoms with E-state index in [1.54, 1.807) is 13.0 Å². The number of sulfone groups is 1. The third-order valence-corrected chi connectivity index (χ3v) is 3.53. The zero-order valence-corrected chi connectivity index (χ0v) is 11.7. The second kappa shape index (κ2) is 6.36. The van der Waals surface area contributed by atoms with E-state index in [1.807, 2.05) is 0 Å². The van der Waals surface area contributed by atoms with Gasteiger partial charge in [-0.2, -0.15) is 0 Å². The van der Waals surface area contributed by atoms with Gasteiger partial charge in [0, 0.05) is 11.9 Å². The summed E-state index contributed by atoms with van der Waals surface area (Å²) in [6.07, 6.45) is 6.17. The minimum absolute atomic E-state index is 0.0761. The van der Waals surface area contributed by atoms with Crippen LogP contribution in [0.15, 0.2) is 23.1 Å². The van der Waals surface area contributed by atoms with Gasteiger partial charge >= 0.3 is 0 Å². The van der Waals surface area contributed by atoms with Crippen molar-refractivity contribution in [2.75, 3.05) is 24.7 Å². The van der Waals surface area contributed by atoms with Gasteiger partial charge in [0.1, 0.15) is 0 Å².